The Labute approximate surface area is 151 Å². The van der Waals surface area contributed by atoms with Crippen LogP contribution in [0.4, 0.5) is 0 Å². The van der Waals surface area contributed by atoms with Gasteiger partial charge in [0.05, 0.1) is 12.5 Å². The Morgan fingerprint density at radius 2 is 1.64 bits per heavy atom. The van der Waals surface area contributed by atoms with Gasteiger partial charge in [-0.15, -0.1) is 0 Å². The molecule has 1 aliphatic carbocycles. The summed E-state index contributed by atoms with van der Waals surface area (Å²) in [5.41, 5.74) is 2.14. The average Bonchev–Trinajstić information content (AvgIpc) is 2.53. The number of aryl methyl sites for hydroxylation is 1. The lowest BCUT2D eigenvalue weighted by molar-refractivity contribution is -0.123. The van der Waals surface area contributed by atoms with E-state index >= 15 is 0 Å². The van der Waals surface area contributed by atoms with Crippen LogP contribution in [0, 0.1) is 12.8 Å². The van der Waals surface area contributed by atoms with E-state index < -0.39 is 0 Å². The zero-order chi connectivity index (χ0) is 18.1. The largest absolute Gasteiger partial charge is 0.356 e. The highest BCUT2D eigenvalue weighted by Gasteiger charge is 2.18. The van der Waals surface area contributed by atoms with Crippen LogP contribution in [0.2, 0.25) is 0 Å². The first-order valence-corrected chi connectivity index (χ1v) is 9.65. The van der Waals surface area contributed by atoms with Gasteiger partial charge in [0, 0.05) is 13.5 Å². The van der Waals surface area contributed by atoms with Gasteiger partial charge in [-0.1, -0.05) is 61.9 Å². The maximum Gasteiger partial charge on any atom is 0.222 e. The van der Waals surface area contributed by atoms with Crippen LogP contribution in [0.25, 0.3) is 0 Å². The van der Waals surface area contributed by atoms with Crippen molar-refractivity contribution in [1.82, 2.24) is 10.6 Å². The molecule has 1 aliphatic rings. The molecule has 25 heavy (non-hydrogen) atoms. The van der Waals surface area contributed by atoms with E-state index in [1.807, 2.05) is 31.2 Å². The predicted octanol–water partition coefficient (Wildman–Crippen LogP) is 4.04. The highest BCUT2D eigenvalue weighted by atomic mass is 16.2. The molecule has 4 heteroatoms. The van der Waals surface area contributed by atoms with Gasteiger partial charge in [0.1, 0.15) is 0 Å². The van der Waals surface area contributed by atoms with Crippen molar-refractivity contribution in [3.63, 3.8) is 0 Å². The van der Waals surface area contributed by atoms with Crippen molar-refractivity contribution < 1.29 is 9.59 Å². The maximum absolute atomic E-state index is 12.4. The van der Waals surface area contributed by atoms with Crippen molar-refractivity contribution in [3.05, 3.63) is 35.4 Å². The second-order valence-electron chi connectivity index (χ2n) is 7.38. The minimum absolute atomic E-state index is 0.0152. The molecule has 1 fully saturated rings. The first kappa shape index (κ1) is 19.5. The van der Waals surface area contributed by atoms with Gasteiger partial charge >= 0.3 is 0 Å². The Bertz CT molecular complexity index is 546. The molecular weight excluding hydrogens is 312 g/mol. The molecule has 138 valence electrons. The van der Waals surface area contributed by atoms with Crippen LogP contribution in [0.3, 0.4) is 0 Å². The van der Waals surface area contributed by atoms with E-state index in [9.17, 15) is 9.59 Å². The van der Waals surface area contributed by atoms with E-state index in [-0.39, 0.29) is 24.3 Å². The SMILES string of the molecule is CC(=O)N[C@@H](CC(=O)NCC1CCCCCCC1)c1ccc(C)cc1. The molecule has 1 atom stereocenters. The molecule has 2 amide bonds. The van der Waals surface area contributed by atoms with Crippen LogP contribution in [-0.4, -0.2) is 18.4 Å². The molecule has 0 saturated heterocycles. The molecule has 2 N–H and O–H groups in total. The van der Waals surface area contributed by atoms with Crippen LogP contribution in [0.15, 0.2) is 24.3 Å². The van der Waals surface area contributed by atoms with Crippen LogP contribution in [0.5, 0.6) is 0 Å². The smallest absolute Gasteiger partial charge is 0.222 e. The third-order valence-corrected chi connectivity index (χ3v) is 5.06. The summed E-state index contributed by atoms with van der Waals surface area (Å²) in [4.78, 5) is 23.9. The molecule has 0 aliphatic heterocycles. The van der Waals surface area contributed by atoms with Gasteiger partial charge in [0.15, 0.2) is 0 Å². The minimum atomic E-state index is -0.268. The van der Waals surface area contributed by atoms with Crippen LogP contribution in [-0.2, 0) is 9.59 Å². The normalized spacial score (nSPS) is 17.2. The molecule has 0 heterocycles. The molecule has 0 bridgehead atoms. The number of hydrogen-bond acceptors (Lipinski definition) is 2. The highest BCUT2D eigenvalue weighted by Crippen LogP contribution is 2.22. The van der Waals surface area contributed by atoms with E-state index in [0.717, 1.165) is 12.1 Å². The summed E-state index contributed by atoms with van der Waals surface area (Å²) in [6.45, 7) is 4.28. The highest BCUT2D eigenvalue weighted by molar-refractivity contribution is 5.79. The lowest BCUT2D eigenvalue weighted by atomic mass is 9.91. The molecule has 2 rings (SSSR count). The van der Waals surface area contributed by atoms with Crippen molar-refractivity contribution in [3.8, 4) is 0 Å². The standard InChI is InChI=1S/C21H32N2O2/c1-16-10-12-19(13-11-16)20(23-17(2)24)14-21(25)22-15-18-8-6-4-3-5-7-9-18/h10-13,18,20H,3-9,14-15H2,1-2H3,(H,22,25)(H,23,24)/t20-/m0/s1. The quantitative estimate of drug-likeness (QED) is 0.818. The van der Waals surface area contributed by atoms with E-state index in [0.29, 0.717) is 5.92 Å². The monoisotopic (exact) mass is 344 g/mol. The van der Waals surface area contributed by atoms with Gasteiger partial charge in [-0.25, -0.2) is 0 Å². The number of hydrogen-bond donors (Lipinski definition) is 2. The number of carbonyl (C=O) groups is 2. The first-order chi connectivity index (χ1) is 12.0. The summed E-state index contributed by atoms with van der Waals surface area (Å²) < 4.78 is 0. The fraction of sp³-hybridized carbons (Fsp3) is 0.619. The molecular formula is C21H32N2O2. The van der Waals surface area contributed by atoms with Crippen molar-refractivity contribution >= 4 is 11.8 Å². The summed E-state index contributed by atoms with van der Waals surface area (Å²) in [6, 6.07) is 7.72. The van der Waals surface area contributed by atoms with Crippen molar-refractivity contribution in [1.29, 1.82) is 0 Å². The summed E-state index contributed by atoms with van der Waals surface area (Å²) >= 11 is 0. The van der Waals surface area contributed by atoms with Crippen LogP contribution in [0.1, 0.15) is 75.5 Å². The third-order valence-electron chi connectivity index (χ3n) is 5.06. The molecule has 4 nitrogen and oxygen atoms in total. The van der Waals surface area contributed by atoms with Crippen molar-refractivity contribution in [2.75, 3.05) is 6.54 Å². The van der Waals surface area contributed by atoms with Gasteiger partial charge in [0.2, 0.25) is 11.8 Å². The predicted molar refractivity (Wildman–Crippen MR) is 101 cm³/mol. The Kier molecular flexibility index (Phi) is 7.96. The van der Waals surface area contributed by atoms with E-state index in [4.69, 9.17) is 0 Å². The molecule has 0 spiro atoms. The fourth-order valence-corrected chi connectivity index (χ4v) is 3.56. The Morgan fingerprint density at radius 1 is 1.04 bits per heavy atom. The minimum Gasteiger partial charge on any atom is -0.356 e. The number of benzene rings is 1. The van der Waals surface area contributed by atoms with Gasteiger partial charge in [-0.3, -0.25) is 9.59 Å². The molecule has 1 aromatic carbocycles. The lowest BCUT2D eigenvalue weighted by Crippen LogP contribution is -2.34. The summed E-state index contributed by atoms with van der Waals surface area (Å²) in [5.74, 6) is 0.502. The molecule has 1 saturated carbocycles. The lowest BCUT2D eigenvalue weighted by Gasteiger charge is -2.22. The summed E-state index contributed by atoms with van der Waals surface area (Å²) in [7, 11) is 0. The summed E-state index contributed by atoms with van der Waals surface area (Å²) in [6.07, 6.45) is 9.27. The Hall–Kier alpha value is -1.84. The van der Waals surface area contributed by atoms with E-state index in [1.54, 1.807) is 0 Å². The van der Waals surface area contributed by atoms with Gasteiger partial charge in [-0.05, 0) is 31.2 Å². The second-order valence-corrected chi connectivity index (χ2v) is 7.38. The maximum atomic E-state index is 12.4. The topological polar surface area (TPSA) is 58.2 Å². The average molecular weight is 344 g/mol. The first-order valence-electron chi connectivity index (χ1n) is 9.65. The van der Waals surface area contributed by atoms with Crippen LogP contribution < -0.4 is 10.6 Å². The Morgan fingerprint density at radius 3 is 2.24 bits per heavy atom. The fourth-order valence-electron chi connectivity index (χ4n) is 3.56. The third kappa shape index (κ3) is 7.29. The van der Waals surface area contributed by atoms with E-state index in [1.165, 1.54) is 57.4 Å². The van der Waals surface area contributed by atoms with Crippen molar-refractivity contribution in [2.24, 2.45) is 5.92 Å². The number of carbonyl (C=O) groups excluding carboxylic acids is 2. The van der Waals surface area contributed by atoms with Gasteiger partial charge in [0.25, 0.3) is 0 Å². The van der Waals surface area contributed by atoms with Gasteiger partial charge in [-0.2, -0.15) is 0 Å². The molecule has 1 aromatic rings. The number of rotatable bonds is 6. The molecule has 0 radical (unpaired) electrons. The van der Waals surface area contributed by atoms with E-state index in [2.05, 4.69) is 10.6 Å². The summed E-state index contributed by atoms with van der Waals surface area (Å²) in [5, 5.41) is 6.00. The van der Waals surface area contributed by atoms with Crippen molar-refractivity contribution in [2.45, 2.75) is 71.3 Å². The van der Waals surface area contributed by atoms with Gasteiger partial charge < -0.3 is 10.6 Å². The van der Waals surface area contributed by atoms with Crippen LogP contribution >= 0.6 is 0 Å². The molecule has 0 aromatic heterocycles. The second kappa shape index (κ2) is 10.2. The zero-order valence-corrected chi connectivity index (χ0v) is 15.6. The number of amides is 2. The molecule has 0 unspecified atom stereocenters. The zero-order valence-electron chi connectivity index (χ0n) is 15.6. The Balaban J connectivity index is 1.87. The number of nitrogens with one attached hydrogen (secondary N) is 2.